The van der Waals surface area contributed by atoms with Gasteiger partial charge in [-0.3, -0.25) is 9.59 Å². The molecule has 2 aromatic carbocycles. The Balaban J connectivity index is 2.08. The third-order valence-corrected chi connectivity index (χ3v) is 6.18. The van der Waals surface area contributed by atoms with Crippen LogP contribution in [-0.2, 0) is 16.1 Å². The summed E-state index contributed by atoms with van der Waals surface area (Å²) in [6, 6.07) is 16.9. The normalized spacial score (nSPS) is 12.8. The van der Waals surface area contributed by atoms with Crippen LogP contribution in [0.4, 0.5) is 0 Å². The van der Waals surface area contributed by atoms with Crippen molar-refractivity contribution in [3.05, 3.63) is 65.2 Å². The van der Waals surface area contributed by atoms with Gasteiger partial charge < -0.3 is 10.2 Å². The topological polar surface area (TPSA) is 49.4 Å². The standard InChI is InChI=1S/C23H29ClN2O2S/c1-4-17(2)25-23(28)18(3)26(16-19-10-8-9-13-21(19)24)22(27)14-15-29-20-11-6-5-7-12-20/h5-13,17-18H,4,14-16H2,1-3H3,(H,25,28). The Kier molecular flexibility index (Phi) is 9.55. The van der Waals surface area contributed by atoms with Crippen molar-refractivity contribution in [3.63, 3.8) is 0 Å². The van der Waals surface area contributed by atoms with Crippen molar-refractivity contribution in [2.75, 3.05) is 5.75 Å². The molecule has 29 heavy (non-hydrogen) atoms. The summed E-state index contributed by atoms with van der Waals surface area (Å²) in [4.78, 5) is 28.5. The number of carbonyl (C=O) groups excluding carboxylic acids is 2. The molecule has 0 saturated heterocycles. The molecule has 156 valence electrons. The maximum atomic E-state index is 13.0. The summed E-state index contributed by atoms with van der Waals surface area (Å²) in [7, 11) is 0. The van der Waals surface area contributed by atoms with Crippen molar-refractivity contribution in [1.29, 1.82) is 0 Å². The van der Waals surface area contributed by atoms with Gasteiger partial charge >= 0.3 is 0 Å². The van der Waals surface area contributed by atoms with Gasteiger partial charge in [-0.1, -0.05) is 54.9 Å². The van der Waals surface area contributed by atoms with E-state index < -0.39 is 6.04 Å². The van der Waals surface area contributed by atoms with Crippen molar-refractivity contribution in [2.24, 2.45) is 0 Å². The van der Waals surface area contributed by atoms with Crippen LogP contribution >= 0.6 is 23.4 Å². The minimum Gasteiger partial charge on any atom is -0.352 e. The van der Waals surface area contributed by atoms with E-state index in [0.29, 0.717) is 23.7 Å². The Morgan fingerprint density at radius 2 is 1.72 bits per heavy atom. The SMILES string of the molecule is CCC(C)NC(=O)C(C)N(Cc1ccccc1Cl)C(=O)CCSc1ccccc1. The van der Waals surface area contributed by atoms with E-state index >= 15 is 0 Å². The van der Waals surface area contributed by atoms with Crippen LogP contribution in [0.15, 0.2) is 59.5 Å². The molecular weight excluding hydrogens is 404 g/mol. The minimum absolute atomic E-state index is 0.0554. The molecule has 2 aromatic rings. The Morgan fingerprint density at radius 1 is 1.07 bits per heavy atom. The Bertz CT molecular complexity index is 800. The largest absolute Gasteiger partial charge is 0.352 e. The molecule has 0 heterocycles. The molecule has 2 rings (SSSR count). The van der Waals surface area contributed by atoms with Crippen LogP contribution in [0.2, 0.25) is 5.02 Å². The first-order valence-electron chi connectivity index (χ1n) is 9.93. The number of nitrogens with zero attached hydrogens (tertiary/aromatic N) is 1. The zero-order valence-corrected chi connectivity index (χ0v) is 18.8. The third-order valence-electron chi connectivity index (χ3n) is 4.79. The average molecular weight is 433 g/mol. The lowest BCUT2D eigenvalue weighted by Crippen LogP contribution is -2.49. The van der Waals surface area contributed by atoms with E-state index in [1.54, 1.807) is 29.7 Å². The maximum Gasteiger partial charge on any atom is 0.242 e. The third kappa shape index (κ3) is 7.41. The summed E-state index contributed by atoms with van der Waals surface area (Å²) < 4.78 is 0. The second-order valence-electron chi connectivity index (χ2n) is 7.02. The van der Waals surface area contributed by atoms with Crippen molar-refractivity contribution in [3.8, 4) is 0 Å². The average Bonchev–Trinajstić information content (AvgIpc) is 2.73. The first kappa shape index (κ1) is 23.3. The number of nitrogens with one attached hydrogen (secondary N) is 1. The number of rotatable bonds is 10. The first-order chi connectivity index (χ1) is 13.9. The van der Waals surface area contributed by atoms with Gasteiger partial charge in [-0.2, -0.15) is 0 Å². The molecule has 0 aromatic heterocycles. The highest BCUT2D eigenvalue weighted by Crippen LogP contribution is 2.21. The summed E-state index contributed by atoms with van der Waals surface area (Å²) in [6.07, 6.45) is 1.19. The highest BCUT2D eigenvalue weighted by molar-refractivity contribution is 7.99. The van der Waals surface area contributed by atoms with Crippen molar-refractivity contribution in [2.45, 2.75) is 57.1 Å². The van der Waals surface area contributed by atoms with E-state index in [1.807, 2.05) is 62.4 Å². The zero-order valence-electron chi connectivity index (χ0n) is 17.2. The molecule has 0 aliphatic carbocycles. The number of thioether (sulfide) groups is 1. The predicted molar refractivity (Wildman–Crippen MR) is 121 cm³/mol. The van der Waals surface area contributed by atoms with Gasteiger partial charge in [0, 0.05) is 34.7 Å². The van der Waals surface area contributed by atoms with Crippen LogP contribution in [0.3, 0.4) is 0 Å². The molecule has 0 spiro atoms. The summed E-state index contributed by atoms with van der Waals surface area (Å²) in [5.74, 6) is 0.456. The minimum atomic E-state index is -0.575. The zero-order chi connectivity index (χ0) is 21.2. The Labute approximate surface area is 183 Å². The fraction of sp³-hybridized carbons (Fsp3) is 0.391. The molecule has 0 fully saturated rings. The van der Waals surface area contributed by atoms with Gasteiger partial charge in [-0.05, 0) is 44.0 Å². The van der Waals surface area contributed by atoms with E-state index in [2.05, 4.69) is 5.32 Å². The summed E-state index contributed by atoms with van der Waals surface area (Å²) in [5, 5.41) is 3.57. The molecule has 0 aliphatic heterocycles. The fourth-order valence-electron chi connectivity index (χ4n) is 2.77. The smallest absolute Gasteiger partial charge is 0.242 e. The number of halogens is 1. The van der Waals surface area contributed by atoms with E-state index in [4.69, 9.17) is 11.6 Å². The number of hydrogen-bond acceptors (Lipinski definition) is 3. The van der Waals surface area contributed by atoms with Gasteiger partial charge in [-0.25, -0.2) is 0 Å². The van der Waals surface area contributed by atoms with Crippen molar-refractivity contribution >= 4 is 35.2 Å². The molecular formula is C23H29ClN2O2S. The van der Waals surface area contributed by atoms with E-state index in [0.717, 1.165) is 16.9 Å². The molecule has 2 amide bonds. The van der Waals surface area contributed by atoms with Gasteiger partial charge in [0.15, 0.2) is 0 Å². The van der Waals surface area contributed by atoms with Gasteiger partial charge in [0.25, 0.3) is 0 Å². The number of hydrogen-bond donors (Lipinski definition) is 1. The van der Waals surface area contributed by atoms with E-state index in [-0.39, 0.29) is 17.9 Å². The molecule has 0 radical (unpaired) electrons. The molecule has 0 bridgehead atoms. The lowest BCUT2D eigenvalue weighted by molar-refractivity contribution is -0.140. The van der Waals surface area contributed by atoms with Crippen LogP contribution < -0.4 is 5.32 Å². The molecule has 2 unspecified atom stereocenters. The van der Waals surface area contributed by atoms with Crippen LogP contribution in [-0.4, -0.2) is 34.6 Å². The van der Waals surface area contributed by atoms with Crippen molar-refractivity contribution < 1.29 is 9.59 Å². The molecule has 1 N–H and O–H groups in total. The number of carbonyl (C=O) groups is 2. The highest BCUT2D eigenvalue weighted by atomic mass is 35.5. The molecule has 2 atom stereocenters. The lowest BCUT2D eigenvalue weighted by atomic mass is 10.1. The molecule has 4 nitrogen and oxygen atoms in total. The van der Waals surface area contributed by atoms with Crippen LogP contribution in [0, 0.1) is 0 Å². The summed E-state index contributed by atoms with van der Waals surface area (Å²) in [6.45, 7) is 6.06. The summed E-state index contributed by atoms with van der Waals surface area (Å²) in [5.41, 5.74) is 0.835. The van der Waals surface area contributed by atoms with Gasteiger partial charge in [0.2, 0.25) is 11.8 Å². The predicted octanol–water partition coefficient (Wildman–Crippen LogP) is 5.15. The number of amides is 2. The molecule has 0 aliphatic rings. The molecule has 0 saturated carbocycles. The van der Waals surface area contributed by atoms with Crippen LogP contribution in [0.5, 0.6) is 0 Å². The Morgan fingerprint density at radius 3 is 2.38 bits per heavy atom. The Hall–Kier alpha value is -1.98. The summed E-state index contributed by atoms with van der Waals surface area (Å²) >= 11 is 7.94. The number of benzene rings is 2. The van der Waals surface area contributed by atoms with E-state index in [9.17, 15) is 9.59 Å². The van der Waals surface area contributed by atoms with Crippen molar-refractivity contribution in [1.82, 2.24) is 10.2 Å². The maximum absolute atomic E-state index is 13.0. The monoisotopic (exact) mass is 432 g/mol. The fourth-order valence-corrected chi connectivity index (χ4v) is 3.83. The van der Waals surface area contributed by atoms with Gasteiger partial charge in [-0.15, -0.1) is 11.8 Å². The first-order valence-corrected chi connectivity index (χ1v) is 11.3. The quantitative estimate of drug-likeness (QED) is 0.528. The highest BCUT2D eigenvalue weighted by Gasteiger charge is 2.27. The van der Waals surface area contributed by atoms with Crippen LogP contribution in [0.1, 0.15) is 39.2 Å². The van der Waals surface area contributed by atoms with Gasteiger partial charge in [0.1, 0.15) is 6.04 Å². The van der Waals surface area contributed by atoms with Crippen LogP contribution in [0.25, 0.3) is 0 Å². The second-order valence-corrected chi connectivity index (χ2v) is 8.59. The lowest BCUT2D eigenvalue weighted by Gasteiger charge is -2.30. The second kappa shape index (κ2) is 11.9. The molecule has 6 heteroatoms. The van der Waals surface area contributed by atoms with Gasteiger partial charge in [0.05, 0.1) is 0 Å². The van der Waals surface area contributed by atoms with E-state index in [1.165, 1.54) is 0 Å².